The van der Waals surface area contributed by atoms with Crippen molar-refractivity contribution in [3.63, 3.8) is 0 Å². The van der Waals surface area contributed by atoms with Crippen molar-refractivity contribution in [3.8, 4) is 23.0 Å². The van der Waals surface area contributed by atoms with E-state index in [1.165, 1.54) is 7.11 Å². The molecule has 29 heavy (non-hydrogen) atoms. The molecule has 6 heteroatoms. The number of nitrogens with two attached hydrogens (primary N) is 1. The Kier molecular flexibility index (Phi) is 8.40. The molecule has 0 bridgehead atoms. The first-order chi connectivity index (χ1) is 14.0. The van der Waals surface area contributed by atoms with E-state index in [0.29, 0.717) is 48.9 Å². The predicted molar refractivity (Wildman–Crippen MR) is 113 cm³/mol. The molecule has 0 aliphatic carbocycles. The van der Waals surface area contributed by atoms with Gasteiger partial charge in [0.1, 0.15) is 23.0 Å². The molecule has 0 saturated carbocycles. The van der Waals surface area contributed by atoms with Gasteiger partial charge in [-0.3, -0.25) is 4.79 Å². The molecule has 0 heterocycles. The van der Waals surface area contributed by atoms with Crippen molar-refractivity contribution in [2.24, 2.45) is 5.73 Å². The molecule has 0 saturated heterocycles. The summed E-state index contributed by atoms with van der Waals surface area (Å²) in [7, 11) is 1.50. The third kappa shape index (κ3) is 5.67. The lowest BCUT2D eigenvalue weighted by Gasteiger charge is -2.17. The summed E-state index contributed by atoms with van der Waals surface area (Å²) in [5.41, 5.74) is 7.30. The summed E-state index contributed by atoms with van der Waals surface area (Å²) in [6.07, 6.45) is 4.53. The quantitative estimate of drug-likeness (QED) is 0.415. The third-order valence-electron chi connectivity index (χ3n) is 4.45. The Morgan fingerprint density at radius 1 is 1.14 bits per heavy atom. The molecule has 3 N–H and O–H groups in total. The number of hydrogen-bond acceptors (Lipinski definition) is 5. The number of allylic oxidation sites excluding steroid dienone is 1. The molecule has 0 fully saturated rings. The number of hydrogen-bond donors (Lipinski definition) is 2. The van der Waals surface area contributed by atoms with E-state index in [1.54, 1.807) is 30.3 Å². The van der Waals surface area contributed by atoms with E-state index < -0.39 is 5.91 Å². The molecule has 0 spiro atoms. The van der Waals surface area contributed by atoms with E-state index in [0.717, 1.165) is 24.0 Å². The van der Waals surface area contributed by atoms with Gasteiger partial charge in [0.2, 0.25) is 0 Å². The Hall–Kier alpha value is -3.15. The fraction of sp³-hybridized carbons (Fsp3) is 0.348. The normalized spacial score (nSPS) is 10.4. The van der Waals surface area contributed by atoms with Crippen LogP contribution in [0, 0.1) is 0 Å². The lowest BCUT2D eigenvalue weighted by atomic mass is 10.0. The van der Waals surface area contributed by atoms with Gasteiger partial charge in [-0.05, 0) is 37.1 Å². The van der Waals surface area contributed by atoms with Crippen LogP contribution in [0.5, 0.6) is 23.0 Å². The van der Waals surface area contributed by atoms with E-state index in [4.69, 9.17) is 19.9 Å². The van der Waals surface area contributed by atoms with Gasteiger partial charge in [0.05, 0.1) is 25.9 Å². The Morgan fingerprint density at radius 2 is 1.83 bits per heavy atom. The molecule has 0 aliphatic rings. The number of benzene rings is 2. The highest BCUT2D eigenvalue weighted by Crippen LogP contribution is 2.33. The highest BCUT2D eigenvalue weighted by molar-refractivity contribution is 5.96. The molecule has 0 unspecified atom stereocenters. The maximum Gasteiger partial charge on any atom is 0.252 e. The summed E-state index contributed by atoms with van der Waals surface area (Å²) in [4.78, 5) is 11.6. The maximum absolute atomic E-state index is 11.6. The zero-order valence-corrected chi connectivity index (χ0v) is 17.1. The number of methoxy groups -OCH3 is 1. The minimum atomic E-state index is -0.555. The topological polar surface area (TPSA) is 91.0 Å². The largest absolute Gasteiger partial charge is 0.508 e. The van der Waals surface area contributed by atoms with Gasteiger partial charge in [-0.25, -0.2) is 0 Å². The Labute approximate surface area is 171 Å². The number of primary amides is 1. The molecule has 2 rings (SSSR count). The average molecular weight is 399 g/mol. The van der Waals surface area contributed by atoms with Crippen LogP contribution in [-0.2, 0) is 12.8 Å². The van der Waals surface area contributed by atoms with E-state index in [1.807, 2.05) is 6.07 Å². The summed E-state index contributed by atoms with van der Waals surface area (Å²) in [6.45, 7) is 6.68. The van der Waals surface area contributed by atoms with Crippen LogP contribution in [0.15, 0.2) is 43.0 Å². The van der Waals surface area contributed by atoms with Crippen LogP contribution in [0.25, 0.3) is 0 Å². The molecule has 156 valence electrons. The van der Waals surface area contributed by atoms with Gasteiger partial charge in [0.25, 0.3) is 5.91 Å². The average Bonchev–Trinajstić information content (AvgIpc) is 2.70. The summed E-state index contributed by atoms with van der Waals surface area (Å²) in [5, 5.41) is 10.0. The van der Waals surface area contributed by atoms with Crippen LogP contribution in [0.3, 0.4) is 0 Å². The summed E-state index contributed by atoms with van der Waals surface area (Å²) < 4.78 is 17.1. The van der Waals surface area contributed by atoms with Crippen LogP contribution in [0.2, 0.25) is 0 Å². The first kappa shape index (κ1) is 22.1. The molecule has 0 radical (unpaired) electrons. The third-order valence-corrected chi connectivity index (χ3v) is 4.45. The number of carbonyl (C=O) groups excluding carboxylic acids is 1. The fourth-order valence-electron chi connectivity index (χ4n) is 3.12. The number of carbonyl (C=O) groups is 1. The SMILES string of the molecule is C=CCc1c(OCCCOc2cccc(O)c2CCC)ccc(C(N)=O)c1OC. The fourth-order valence-corrected chi connectivity index (χ4v) is 3.12. The number of phenolic OH excluding ortho intramolecular Hbond substituents is 1. The van der Waals surface area contributed by atoms with Gasteiger partial charge in [-0.2, -0.15) is 0 Å². The Balaban J connectivity index is 2.00. The maximum atomic E-state index is 11.6. The highest BCUT2D eigenvalue weighted by Gasteiger charge is 2.17. The molecule has 1 amide bonds. The van der Waals surface area contributed by atoms with E-state index in [9.17, 15) is 9.90 Å². The monoisotopic (exact) mass is 399 g/mol. The van der Waals surface area contributed by atoms with Crippen molar-refractivity contribution >= 4 is 5.91 Å². The first-order valence-electron chi connectivity index (χ1n) is 9.70. The second-order valence-electron chi connectivity index (χ2n) is 6.53. The van der Waals surface area contributed by atoms with E-state index in [-0.39, 0.29) is 5.75 Å². The van der Waals surface area contributed by atoms with Gasteiger partial charge in [-0.15, -0.1) is 6.58 Å². The lowest BCUT2D eigenvalue weighted by Crippen LogP contribution is -2.14. The number of rotatable bonds is 12. The molecular formula is C23H29NO5. The molecule has 0 atom stereocenters. The number of phenols is 1. The summed E-state index contributed by atoms with van der Waals surface area (Å²) >= 11 is 0. The first-order valence-corrected chi connectivity index (χ1v) is 9.70. The van der Waals surface area contributed by atoms with E-state index in [2.05, 4.69) is 13.5 Å². The van der Waals surface area contributed by atoms with Gasteiger partial charge in [0.15, 0.2) is 0 Å². The number of amides is 1. The van der Waals surface area contributed by atoms with Crippen LogP contribution in [-0.4, -0.2) is 31.3 Å². The van der Waals surface area contributed by atoms with Gasteiger partial charge >= 0.3 is 0 Å². The van der Waals surface area contributed by atoms with Crippen molar-refractivity contribution in [3.05, 3.63) is 59.7 Å². The summed E-state index contributed by atoms with van der Waals surface area (Å²) in [5.74, 6) is 1.44. The second-order valence-corrected chi connectivity index (χ2v) is 6.53. The molecular weight excluding hydrogens is 370 g/mol. The second kappa shape index (κ2) is 11.0. The molecule has 2 aromatic rings. The molecule has 0 aliphatic heterocycles. The minimum Gasteiger partial charge on any atom is -0.508 e. The van der Waals surface area contributed by atoms with Crippen LogP contribution < -0.4 is 19.9 Å². The number of ether oxygens (including phenoxy) is 3. The van der Waals surface area contributed by atoms with Crippen LogP contribution in [0.4, 0.5) is 0 Å². The number of aromatic hydroxyl groups is 1. The standard InChI is InChI=1S/C23H29NO5/c1-4-8-16-19(25)10-6-11-20(16)28-14-7-15-29-21-13-12-18(23(24)26)22(27-3)17(21)9-5-2/h5-6,10-13,25H,2,4,7-9,14-15H2,1,3H3,(H2,24,26). The molecule has 2 aromatic carbocycles. The van der Waals surface area contributed by atoms with Gasteiger partial charge in [0, 0.05) is 17.5 Å². The highest BCUT2D eigenvalue weighted by atomic mass is 16.5. The smallest absolute Gasteiger partial charge is 0.252 e. The zero-order valence-electron chi connectivity index (χ0n) is 17.1. The Morgan fingerprint density at radius 3 is 2.41 bits per heavy atom. The summed E-state index contributed by atoms with van der Waals surface area (Å²) in [6, 6.07) is 8.63. The van der Waals surface area contributed by atoms with Crippen LogP contribution in [0.1, 0.15) is 41.3 Å². The molecule has 0 aromatic heterocycles. The Bertz CT molecular complexity index is 847. The lowest BCUT2D eigenvalue weighted by molar-refractivity contribution is 0.0997. The van der Waals surface area contributed by atoms with Crippen molar-refractivity contribution in [1.82, 2.24) is 0 Å². The van der Waals surface area contributed by atoms with E-state index >= 15 is 0 Å². The minimum absolute atomic E-state index is 0.260. The van der Waals surface area contributed by atoms with Crippen LogP contribution >= 0.6 is 0 Å². The molecule has 6 nitrogen and oxygen atoms in total. The van der Waals surface area contributed by atoms with Crippen molar-refractivity contribution in [2.45, 2.75) is 32.6 Å². The van der Waals surface area contributed by atoms with Crippen molar-refractivity contribution in [2.75, 3.05) is 20.3 Å². The van der Waals surface area contributed by atoms with Crippen molar-refractivity contribution in [1.29, 1.82) is 0 Å². The van der Waals surface area contributed by atoms with Crippen molar-refractivity contribution < 1.29 is 24.1 Å². The van der Waals surface area contributed by atoms with Gasteiger partial charge < -0.3 is 25.1 Å². The zero-order chi connectivity index (χ0) is 21.2. The predicted octanol–water partition coefficient (Wildman–Crippen LogP) is 4.03. The van der Waals surface area contributed by atoms with Gasteiger partial charge in [-0.1, -0.05) is 25.5 Å².